The zero-order valence-electron chi connectivity index (χ0n) is 17.9. The first-order chi connectivity index (χ1) is 15.7. The molecule has 2 atom stereocenters. The first-order valence-electron chi connectivity index (χ1n) is 10.9. The molecule has 2 bridgehead atoms. The molecule has 0 spiro atoms. The van der Waals surface area contributed by atoms with Crippen molar-refractivity contribution in [3.05, 3.63) is 30.5 Å². The number of hydrogen-bond acceptors (Lipinski definition) is 8. The van der Waals surface area contributed by atoms with Crippen LogP contribution in [0.3, 0.4) is 0 Å². The zero-order valence-corrected chi connectivity index (χ0v) is 17.9. The summed E-state index contributed by atoms with van der Waals surface area (Å²) in [6.07, 6.45) is 3.44. The van der Waals surface area contributed by atoms with Crippen molar-refractivity contribution in [2.45, 2.75) is 38.4 Å². The molecule has 2 fully saturated rings. The maximum Gasteiger partial charge on any atom is 0.411 e. The Kier molecular flexibility index (Phi) is 5.62. The number of anilines is 2. The van der Waals surface area contributed by atoms with E-state index < -0.39 is 6.09 Å². The molecule has 1 aromatic carbocycles. The second-order valence-corrected chi connectivity index (χ2v) is 7.96. The third kappa shape index (κ3) is 3.76. The van der Waals surface area contributed by atoms with Crippen LogP contribution in [0, 0.1) is 0 Å². The van der Waals surface area contributed by atoms with Crippen molar-refractivity contribution >= 4 is 28.6 Å². The summed E-state index contributed by atoms with van der Waals surface area (Å²) in [6, 6.07) is 7.93. The van der Waals surface area contributed by atoms with Gasteiger partial charge in [-0.2, -0.15) is 5.10 Å². The lowest BCUT2D eigenvalue weighted by Crippen LogP contribution is -2.46. The Bertz CT molecular complexity index is 1100. The van der Waals surface area contributed by atoms with Gasteiger partial charge in [-0.25, -0.2) is 19.4 Å². The number of amides is 1. The first kappa shape index (κ1) is 20.7. The van der Waals surface area contributed by atoms with Gasteiger partial charge in [-0.3, -0.25) is 5.32 Å². The van der Waals surface area contributed by atoms with E-state index in [1.807, 2.05) is 29.9 Å². The van der Waals surface area contributed by atoms with Gasteiger partial charge in [-0.1, -0.05) is 0 Å². The SMILES string of the molecule is CCn1ncc2c(N3C4CCC3COC4)nc(-c3ccc(NC(=O)OCCO)cc3)nc21. The standard InChI is InChI=1S/C22H26N6O4/c1-2-27-20-18(11-23-27)21(28-16-7-8-17(28)13-31-12-16)26-19(25-20)14-3-5-15(6-4-14)24-22(30)32-10-9-29/h3-6,11,16-17,29H,2,7-10,12-13H2,1H3,(H,24,30). The van der Waals surface area contributed by atoms with Gasteiger partial charge in [0.05, 0.1) is 43.5 Å². The maximum atomic E-state index is 11.7. The molecule has 10 nitrogen and oxygen atoms in total. The van der Waals surface area contributed by atoms with Crippen molar-refractivity contribution in [1.82, 2.24) is 19.7 Å². The third-order valence-corrected chi connectivity index (χ3v) is 5.97. The van der Waals surface area contributed by atoms with Gasteiger partial charge < -0.3 is 19.5 Å². The van der Waals surface area contributed by atoms with Crippen molar-refractivity contribution in [3.63, 3.8) is 0 Å². The number of aliphatic hydroxyl groups is 1. The topological polar surface area (TPSA) is 115 Å². The van der Waals surface area contributed by atoms with Gasteiger partial charge in [-0.05, 0) is 44.0 Å². The summed E-state index contributed by atoms with van der Waals surface area (Å²) in [6.45, 7) is 3.93. The molecule has 5 rings (SSSR count). The lowest BCUT2D eigenvalue weighted by atomic mass is 10.1. The van der Waals surface area contributed by atoms with E-state index in [-0.39, 0.29) is 13.2 Å². The molecule has 2 saturated heterocycles. The van der Waals surface area contributed by atoms with E-state index in [9.17, 15) is 4.79 Å². The van der Waals surface area contributed by atoms with E-state index in [2.05, 4.69) is 15.3 Å². The molecule has 0 aliphatic carbocycles. The van der Waals surface area contributed by atoms with Gasteiger partial charge in [-0.15, -0.1) is 0 Å². The number of nitrogens with zero attached hydrogens (tertiary/aromatic N) is 5. The smallest absolute Gasteiger partial charge is 0.411 e. The highest BCUT2D eigenvalue weighted by atomic mass is 16.6. The van der Waals surface area contributed by atoms with Crippen LogP contribution in [0.4, 0.5) is 16.3 Å². The van der Waals surface area contributed by atoms with Crippen molar-refractivity contribution in [1.29, 1.82) is 0 Å². The van der Waals surface area contributed by atoms with E-state index in [1.165, 1.54) is 0 Å². The number of aliphatic hydroxyl groups excluding tert-OH is 1. The number of fused-ring (bicyclic) bond motifs is 3. The molecule has 2 aliphatic rings. The van der Waals surface area contributed by atoms with Crippen LogP contribution in [0.25, 0.3) is 22.4 Å². The fraction of sp³-hybridized carbons (Fsp3) is 0.455. The van der Waals surface area contributed by atoms with E-state index in [0.29, 0.717) is 43.4 Å². The molecule has 0 saturated carbocycles. The van der Waals surface area contributed by atoms with Crippen LogP contribution >= 0.6 is 0 Å². The Labute approximate surface area is 185 Å². The first-order valence-corrected chi connectivity index (χ1v) is 10.9. The molecule has 4 heterocycles. The summed E-state index contributed by atoms with van der Waals surface area (Å²) >= 11 is 0. The molecule has 2 aromatic heterocycles. The van der Waals surface area contributed by atoms with E-state index in [4.69, 9.17) is 24.5 Å². The Balaban J connectivity index is 1.50. The number of benzene rings is 1. The van der Waals surface area contributed by atoms with Crippen LogP contribution in [-0.2, 0) is 16.0 Å². The Hall–Kier alpha value is -3.24. The lowest BCUT2D eigenvalue weighted by molar-refractivity contribution is 0.0904. The van der Waals surface area contributed by atoms with E-state index >= 15 is 0 Å². The molecule has 2 unspecified atom stereocenters. The fourth-order valence-electron chi connectivity index (χ4n) is 4.47. The summed E-state index contributed by atoms with van der Waals surface area (Å²) in [4.78, 5) is 23.9. The van der Waals surface area contributed by atoms with Crippen LogP contribution in [0.1, 0.15) is 19.8 Å². The lowest BCUT2D eigenvalue weighted by Gasteiger charge is -2.36. The molecular weight excluding hydrogens is 412 g/mol. The van der Waals surface area contributed by atoms with E-state index in [0.717, 1.165) is 35.3 Å². The summed E-state index contributed by atoms with van der Waals surface area (Å²) in [7, 11) is 0. The summed E-state index contributed by atoms with van der Waals surface area (Å²) in [5.74, 6) is 1.53. The Morgan fingerprint density at radius 1 is 1.22 bits per heavy atom. The minimum atomic E-state index is -0.610. The predicted octanol–water partition coefficient (Wildman–Crippen LogP) is 2.42. The quantitative estimate of drug-likeness (QED) is 0.603. The highest BCUT2D eigenvalue weighted by molar-refractivity contribution is 5.89. The largest absolute Gasteiger partial charge is 0.447 e. The summed E-state index contributed by atoms with van der Waals surface area (Å²) < 4.78 is 12.5. The maximum absolute atomic E-state index is 11.7. The number of ether oxygens (including phenoxy) is 2. The van der Waals surface area contributed by atoms with Gasteiger partial charge in [0.25, 0.3) is 0 Å². The molecule has 2 aliphatic heterocycles. The van der Waals surface area contributed by atoms with Gasteiger partial charge in [0, 0.05) is 17.8 Å². The monoisotopic (exact) mass is 438 g/mol. The average Bonchev–Trinajstić information content (AvgIpc) is 3.34. The molecule has 10 heteroatoms. The molecule has 1 amide bonds. The van der Waals surface area contributed by atoms with Crippen LogP contribution in [-0.4, -0.2) is 69.5 Å². The van der Waals surface area contributed by atoms with Crippen molar-refractivity contribution < 1.29 is 19.4 Å². The third-order valence-electron chi connectivity index (χ3n) is 5.97. The number of carbonyl (C=O) groups is 1. The molecule has 2 N–H and O–H groups in total. The zero-order chi connectivity index (χ0) is 22.1. The Morgan fingerprint density at radius 3 is 2.66 bits per heavy atom. The molecule has 0 radical (unpaired) electrons. The van der Waals surface area contributed by atoms with Crippen molar-refractivity contribution in [3.8, 4) is 11.4 Å². The van der Waals surface area contributed by atoms with Crippen LogP contribution in [0.5, 0.6) is 0 Å². The molecule has 3 aromatic rings. The molecule has 32 heavy (non-hydrogen) atoms. The summed E-state index contributed by atoms with van der Waals surface area (Å²) in [5.41, 5.74) is 2.24. The highest BCUT2D eigenvalue weighted by Gasteiger charge is 2.39. The average molecular weight is 438 g/mol. The molecular formula is C22H26N6O4. The minimum Gasteiger partial charge on any atom is -0.447 e. The predicted molar refractivity (Wildman–Crippen MR) is 119 cm³/mol. The number of rotatable bonds is 6. The normalized spacial score (nSPS) is 20.0. The number of aromatic nitrogens is 4. The van der Waals surface area contributed by atoms with Crippen molar-refractivity contribution in [2.24, 2.45) is 0 Å². The Morgan fingerprint density at radius 2 is 1.97 bits per heavy atom. The van der Waals surface area contributed by atoms with Crippen molar-refractivity contribution in [2.75, 3.05) is 36.6 Å². The van der Waals surface area contributed by atoms with Gasteiger partial charge in [0.1, 0.15) is 12.4 Å². The number of aryl methyl sites for hydroxylation is 1. The minimum absolute atomic E-state index is 0.0464. The van der Waals surface area contributed by atoms with Crippen LogP contribution < -0.4 is 10.2 Å². The van der Waals surface area contributed by atoms with Gasteiger partial charge >= 0.3 is 6.09 Å². The fourth-order valence-corrected chi connectivity index (χ4v) is 4.47. The van der Waals surface area contributed by atoms with Gasteiger partial charge in [0.2, 0.25) is 0 Å². The molecule has 168 valence electrons. The number of morpholine rings is 1. The second kappa shape index (κ2) is 8.71. The van der Waals surface area contributed by atoms with Gasteiger partial charge in [0.15, 0.2) is 11.5 Å². The second-order valence-electron chi connectivity index (χ2n) is 7.96. The number of nitrogens with one attached hydrogen (secondary N) is 1. The van der Waals surface area contributed by atoms with Crippen LogP contribution in [0.2, 0.25) is 0 Å². The number of carbonyl (C=O) groups excluding carboxylic acids is 1. The highest BCUT2D eigenvalue weighted by Crippen LogP contribution is 2.37. The van der Waals surface area contributed by atoms with Crippen LogP contribution in [0.15, 0.2) is 30.5 Å². The van der Waals surface area contributed by atoms with E-state index in [1.54, 1.807) is 12.1 Å². The number of hydrogen-bond donors (Lipinski definition) is 2. The summed E-state index contributed by atoms with van der Waals surface area (Å²) in [5, 5.41) is 16.9.